The number of hydrogen-bond donors (Lipinski definition) is 2. The lowest BCUT2D eigenvalue weighted by Crippen LogP contribution is -2.30. The number of nitrogens with one attached hydrogen (secondary N) is 2. The molecule has 1 aromatic rings. The van der Waals surface area contributed by atoms with Crippen molar-refractivity contribution >= 4 is 11.7 Å². The zero-order valence-corrected chi connectivity index (χ0v) is 10.9. The van der Waals surface area contributed by atoms with Crippen LogP contribution in [0.15, 0.2) is 30.3 Å². The molecule has 0 spiro atoms. The minimum Gasteiger partial charge on any atom is -0.381 e. The zero-order valence-electron chi connectivity index (χ0n) is 10.9. The van der Waals surface area contributed by atoms with Crippen LogP contribution in [0.5, 0.6) is 0 Å². The van der Waals surface area contributed by atoms with E-state index in [1.54, 1.807) is 0 Å². The molecule has 2 amide bonds. The van der Waals surface area contributed by atoms with E-state index in [-0.39, 0.29) is 6.03 Å². The van der Waals surface area contributed by atoms with Crippen LogP contribution in [0.25, 0.3) is 0 Å². The minimum atomic E-state index is -0.172. The first-order valence-electron chi connectivity index (χ1n) is 6.50. The van der Waals surface area contributed by atoms with Crippen LogP contribution in [0.4, 0.5) is 10.5 Å². The van der Waals surface area contributed by atoms with Crippen molar-refractivity contribution in [1.82, 2.24) is 5.32 Å². The first-order valence-corrected chi connectivity index (χ1v) is 6.50. The molecule has 0 saturated carbocycles. The van der Waals surface area contributed by atoms with Crippen LogP contribution in [0.3, 0.4) is 0 Å². The van der Waals surface area contributed by atoms with Crippen LogP contribution >= 0.6 is 0 Å². The lowest BCUT2D eigenvalue weighted by atomic mass is 10.3. The van der Waals surface area contributed by atoms with Gasteiger partial charge in [-0.25, -0.2) is 4.79 Å². The molecule has 0 atom stereocenters. The molecule has 0 saturated heterocycles. The number of rotatable bonds is 8. The van der Waals surface area contributed by atoms with Gasteiger partial charge in [0.15, 0.2) is 0 Å². The molecule has 18 heavy (non-hydrogen) atoms. The number of amides is 2. The maximum atomic E-state index is 11.5. The normalized spacial score (nSPS) is 10.1. The van der Waals surface area contributed by atoms with Gasteiger partial charge in [-0.15, -0.1) is 0 Å². The molecule has 0 aliphatic heterocycles. The summed E-state index contributed by atoms with van der Waals surface area (Å²) in [5.41, 5.74) is 0.800. The SMILES string of the molecule is CCCCOCCCNC(=O)Nc1ccccc1. The lowest BCUT2D eigenvalue weighted by molar-refractivity contribution is 0.129. The summed E-state index contributed by atoms with van der Waals surface area (Å²) in [6.45, 7) is 4.28. The van der Waals surface area contributed by atoms with Gasteiger partial charge in [-0.3, -0.25) is 0 Å². The maximum Gasteiger partial charge on any atom is 0.319 e. The molecule has 0 aromatic heterocycles. The molecular weight excluding hydrogens is 228 g/mol. The largest absolute Gasteiger partial charge is 0.381 e. The van der Waals surface area contributed by atoms with Crippen LogP contribution in [0.1, 0.15) is 26.2 Å². The summed E-state index contributed by atoms with van der Waals surface area (Å²) in [5, 5.41) is 5.55. The summed E-state index contributed by atoms with van der Waals surface area (Å²) >= 11 is 0. The first kappa shape index (κ1) is 14.5. The van der Waals surface area contributed by atoms with Gasteiger partial charge in [0.2, 0.25) is 0 Å². The molecule has 4 nitrogen and oxygen atoms in total. The van der Waals surface area contributed by atoms with Gasteiger partial charge in [0.25, 0.3) is 0 Å². The van der Waals surface area contributed by atoms with Crippen molar-refractivity contribution in [3.05, 3.63) is 30.3 Å². The third-order valence-electron chi connectivity index (χ3n) is 2.42. The fourth-order valence-electron chi connectivity index (χ4n) is 1.42. The molecule has 0 radical (unpaired) electrons. The number of unbranched alkanes of at least 4 members (excludes halogenated alkanes) is 1. The van der Waals surface area contributed by atoms with Crippen LogP contribution in [0, 0.1) is 0 Å². The van der Waals surface area contributed by atoms with Gasteiger partial charge in [0.05, 0.1) is 0 Å². The fourth-order valence-corrected chi connectivity index (χ4v) is 1.42. The topological polar surface area (TPSA) is 50.4 Å². The summed E-state index contributed by atoms with van der Waals surface area (Å²) in [5.74, 6) is 0. The second-order valence-electron chi connectivity index (χ2n) is 4.07. The number of hydrogen-bond acceptors (Lipinski definition) is 2. The van der Waals surface area contributed by atoms with Crippen LogP contribution in [-0.4, -0.2) is 25.8 Å². The van der Waals surface area contributed by atoms with Crippen molar-refractivity contribution < 1.29 is 9.53 Å². The molecule has 1 rings (SSSR count). The summed E-state index contributed by atoms with van der Waals surface area (Å²) in [4.78, 5) is 11.5. The quantitative estimate of drug-likeness (QED) is 0.697. The first-order chi connectivity index (χ1) is 8.83. The maximum absolute atomic E-state index is 11.5. The van der Waals surface area contributed by atoms with E-state index in [1.165, 1.54) is 0 Å². The molecular formula is C14H22N2O2. The van der Waals surface area contributed by atoms with Gasteiger partial charge in [-0.1, -0.05) is 31.5 Å². The third kappa shape index (κ3) is 6.91. The van der Waals surface area contributed by atoms with E-state index in [0.29, 0.717) is 13.2 Å². The molecule has 0 aliphatic carbocycles. The Bertz CT molecular complexity index is 328. The average Bonchev–Trinajstić information content (AvgIpc) is 2.39. The second kappa shape index (κ2) is 9.48. The summed E-state index contributed by atoms with van der Waals surface area (Å²) in [7, 11) is 0. The molecule has 0 heterocycles. The fraction of sp³-hybridized carbons (Fsp3) is 0.500. The Kier molecular flexibility index (Phi) is 7.64. The highest BCUT2D eigenvalue weighted by atomic mass is 16.5. The Hall–Kier alpha value is -1.55. The van der Waals surface area contributed by atoms with E-state index in [2.05, 4.69) is 17.6 Å². The highest BCUT2D eigenvalue weighted by molar-refractivity contribution is 5.89. The average molecular weight is 250 g/mol. The summed E-state index contributed by atoms with van der Waals surface area (Å²) < 4.78 is 5.40. The Morgan fingerprint density at radius 2 is 1.89 bits per heavy atom. The Morgan fingerprint density at radius 3 is 2.61 bits per heavy atom. The predicted octanol–water partition coefficient (Wildman–Crippen LogP) is 3.01. The van der Waals surface area contributed by atoms with Crippen LogP contribution in [0.2, 0.25) is 0 Å². The molecule has 4 heteroatoms. The Morgan fingerprint density at radius 1 is 1.17 bits per heavy atom. The van der Waals surface area contributed by atoms with E-state index >= 15 is 0 Å². The molecule has 0 bridgehead atoms. The minimum absolute atomic E-state index is 0.172. The molecule has 0 unspecified atom stereocenters. The zero-order chi connectivity index (χ0) is 13.1. The number of carbonyl (C=O) groups excluding carboxylic acids is 1. The van der Waals surface area contributed by atoms with Crippen molar-refractivity contribution in [2.75, 3.05) is 25.1 Å². The van der Waals surface area contributed by atoms with Gasteiger partial charge >= 0.3 is 6.03 Å². The van der Waals surface area contributed by atoms with E-state index in [1.807, 2.05) is 30.3 Å². The molecule has 2 N–H and O–H groups in total. The number of benzene rings is 1. The van der Waals surface area contributed by atoms with Gasteiger partial charge in [0.1, 0.15) is 0 Å². The highest BCUT2D eigenvalue weighted by Gasteiger charge is 1.99. The van der Waals surface area contributed by atoms with Gasteiger partial charge in [0, 0.05) is 25.4 Å². The smallest absolute Gasteiger partial charge is 0.319 e. The van der Waals surface area contributed by atoms with E-state index in [0.717, 1.165) is 31.6 Å². The number of urea groups is 1. The van der Waals surface area contributed by atoms with Crippen molar-refractivity contribution in [3.8, 4) is 0 Å². The third-order valence-corrected chi connectivity index (χ3v) is 2.42. The Labute approximate surface area is 109 Å². The molecule has 1 aromatic carbocycles. The number of para-hydroxylation sites is 1. The Balaban J connectivity index is 2.00. The van der Waals surface area contributed by atoms with Crippen LogP contribution in [-0.2, 0) is 4.74 Å². The highest BCUT2D eigenvalue weighted by Crippen LogP contribution is 2.03. The van der Waals surface area contributed by atoms with Gasteiger partial charge in [-0.2, -0.15) is 0 Å². The van der Waals surface area contributed by atoms with E-state index in [4.69, 9.17) is 4.74 Å². The summed E-state index contributed by atoms with van der Waals surface area (Å²) in [6, 6.07) is 9.22. The molecule has 0 aliphatic rings. The lowest BCUT2D eigenvalue weighted by Gasteiger charge is -2.07. The molecule has 100 valence electrons. The number of carbonyl (C=O) groups is 1. The number of ether oxygens (including phenoxy) is 1. The van der Waals surface area contributed by atoms with Crippen molar-refractivity contribution in [3.63, 3.8) is 0 Å². The van der Waals surface area contributed by atoms with Crippen molar-refractivity contribution in [1.29, 1.82) is 0 Å². The van der Waals surface area contributed by atoms with E-state index < -0.39 is 0 Å². The van der Waals surface area contributed by atoms with Gasteiger partial charge in [-0.05, 0) is 25.0 Å². The standard InChI is InChI=1S/C14H22N2O2/c1-2-3-11-18-12-7-10-15-14(17)16-13-8-5-4-6-9-13/h4-6,8-9H,2-3,7,10-12H2,1H3,(H2,15,16,17). The van der Waals surface area contributed by atoms with Crippen molar-refractivity contribution in [2.45, 2.75) is 26.2 Å². The summed E-state index contributed by atoms with van der Waals surface area (Å²) in [6.07, 6.45) is 3.09. The van der Waals surface area contributed by atoms with E-state index in [9.17, 15) is 4.79 Å². The monoisotopic (exact) mass is 250 g/mol. The van der Waals surface area contributed by atoms with Gasteiger partial charge < -0.3 is 15.4 Å². The van der Waals surface area contributed by atoms with Crippen LogP contribution < -0.4 is 10.6 Å². The van der Waals surface area contributed by atoms with Crippen molar-refractivity contribution in [2.24, 2.45) is 0 Å². The second-order valence-corrected chi connectivity index (χ2v) is 4.07. The molecule has 0 fully saturated rings. The predicted molar refractivity (Wildman–Crippen MR) is 73.8 cm³/mol. The number of anilines is 1.